The van der Waals surface area contributed by atoms with Gasteiger partial charge in [-0.1, -0.05) is 12.1 Å². The van der Waals surface area contributed by atoms with E-state index in [1.54, 1.807) is 18.2 Å². The van der Waals surface area contributed by atoms with E-state index in [1.165, 1.54) is 6.92 Å². The number of halogens is 1. The van der Waals surface area contributed by atoms with Crippen molar-refractivity contribution in [1.29, 1.82) is 0 Å². The number of hydrogen-bond donors (Lipinski definition) is 2. The Labute approximate surface area is 150 Å². The maximum atomic E-state index is 13.8. The first-order valence-electron chi connectivity index (χ1n) is 7.49. The molecule has 0 unspecified atom stereocenters. The SMILES string of the molecule is Cc1cccc(NC(=O)[C@@H](C)OC(=O)c2cc(S(N)(=O)=O)ccc2F)c1. The Morgan fingerprint density at radius 1 is 1.19 bits per heavy atom. The van der Waals surface area contributed by atoms with E-state index in [2.05, 4.69) is 5.32 Å². The fourth-order valence-corrected chi connectivity index (χ4v) is 2.62. The normalized spacial score (nSPS) is 12.3. The fourth-order valence-electron chi connectivity index (χ4n) is 2.08. The highest BCUT2D eigenvalue weighted by Gasteiger charge is 2.23. The van der Waals surface area contributed by atoms with Crippen LogP contribution < -0.4 is 10.5 Å². The summed E-state index contributed by atoms with van der Waals surface area (Å²) in [7, 11) is -4.12. The highest BCUT2D eigenvalue weighted by molar-refractivity contribution is 7.89. The standard InChI is InChI=1S/C17H17FN2O5S/c1-10-4-3-5-12(8-10)20-16(21)11(2)25-17(22)14-9-13(26(19,23)24)6-7-15(14)18/h3-9,11H,1-2H3,(H,20,21)(H2,19,23,24)/t11-/m1/s1. The van der Waals surface area contributed by atoms with Crippen LogP contribution in [0.15, 0.2) is 47.4 Å². The number of aryl methyl sites for hydroxylation is 1. The van der Waals surface area contributed by atoms with Gasteiger partial charge in [0.1, 0.15) is 5.82 Å². The lowest BCUT2D eigenvalue weighted by Crippen LogP contribution is -2.30. The molecule has 0 bridgehead atoms. The predicted molar refractivity (Wildman–Crippen MR) is 92.5 cm³/mol. The number of sulfonamides is 1. The smallest absolute Gasteiger partial charge is 0.341 e. The number of ether oxygens (including phenoxy) is 1. The van der Waals surface area contributed by atoms with Crippen molar-refractivity contribution in [3.05, 3.63) is 59.4 Å². The number of carbonyl (C=O) groups excluding carboxylic acids is 2. The molecule has 7 nitrogen and oxygen atoms in total. The summed E-state index contributed by atoms with van der Waals surface area (Å²) in [6, 6.07) is 9.45. The van der Waals surface area contributed by atoms with Gasteiger partial charge in [-0.15, -0.1) is 0 Å². The summed E-state index contributed by atoms with van der Waals surface area (Å²) < 4.78 is 41.4. The Morgan fingerprint density at radius 2 is 1.88 bits per heavy atom. The minimum atomic E-state index is -4.12. The van der Waals surface area contributed by atoms with Crippen LogP contribution in [-0.4, -0.2) is 26.4 Å². The molecule has 0 aromatic heterocycles. The number of hydrogen-bond acceptors (Lipinski definition) is 5. The number of anilines is 1. The first-order valence-corrected chi connectivity index (χ1v) is 9.03. The Kier molecular flexibility index (Phi) is 5.73. The summed E-state index contributed by atoms with van der Waals surface area (Å²) in [5.41, 5.74) is 0.807. The largest absolute Gasteiger partial charge is 0.449 e. The van der Waals surface area contributed by atoms with Crippen molar-refractivity contribution in [1.82, 2.24) is 0 Å². The minimum Gasteiger partial charge on any atom is -0.449 e. The molecule has 1 atom stereocenters. The molecule has 2 aromatic carbocycles. The van der Waals surface area contributed by atoms with Crippen molar-refractivity contribution in [3.63, 3.8) is 0 Å². The van der Waals surface area contributed by atoms with E-state index in [9.17, 15) is 22.4 Å². The first-order chi connectivity index (χ1) is 12.1. The van der Waals surface area contributed by atoms with Crippen LogP contribution in [0.5, 0.6) is 0 Å². The van der Waals surface area contributed by atoms with Crippen LogP contribution in [0.4, 0.5) is 10.1 Å². The van der Waals surface area contributed by atoms with Gasteiger partial charge in [0.2, 0.25) is 10.0 Å². The van der Waals surface area contributed by atoms with Crippen LogP contribution >= 0.6 is 0 Å². The lowest BCUT2D eigenvalue weighted by Gasteiger charge is -2.14. The van der Waals surface area contributed by atoms with Crippen molar-refractivity contribution in [3.8, 4) is 0 Å². The van der Waals surface area contributed by atoms with Crippen LogP contribution in [0.2, 0.25) is 0 Å². The molecule has 0 aliphatic heterocycles. The Bertz CT molecular complexity index is 959. The van der Waals surface area contributed by atoms with Gasteiger partial charge in [-0.3, -0.25) is 4.79 Å². The van der Waals surface area contributed by atoms with Crippen LogP contribution in [0.3, 0.4) is 0 Å². The van der Waals surface area contributed by atoms with Gasteiger partial charge in [0, 0.05) is 5.69 Å². The molecule has 0 spiro atoms. The van der Waals surface area contributed by atoms with Crippen LogP contribution in [0.25, 0.3) is 0 Å². The Hall–Kier alpha value is -2.78. The zero-order valence-corrected chi connectivity index (χ0v) is 14.8. The van der Waals surface area contributed by atoms with E-state index in [1.807, 2.05) is 13.0 Å². The molecule has 1 amide bonds. The van der Waals surface area contributed by atoms with Crippen molar-refractivity contribution in [2.75, 3.05) is 5.32 Å². The number of amides is 1. The summed E-state index contributed by atoms with van der Waals surface area (Å²) in [4.78, 5) is 23.8. The summed E-state index contributed by atoms with van der Waals surface area (Å²) in [6.07, 6.45) is -1.24. The average molecular weight is 380 g/mol. The molecular weight excluding hydrogens is 363 g/mol. The highest BCUT2D eigenvalue weighted by Crippen LogP contribution is 2.16. The number of rotatable bonds is 5. The van der Waals surface area contributed by atoms with Gasteiger partial charge in [-0.05, 0) is 49.7 Å². The molecule has 0 fully saturated rings. The van der Waals surface area contributed by atoms with E-state index >= 15 is 0 Å². The maximum Gasteiger partial charge on any atom is 0.341 e. The third-order valence-electron chi connectivity index (χ3n) is 3.42. The van der Waals surface area contributed by atoms with Gasteiger partial charge in [0.25, 0.3) is 5.91 Å². The summed E-state index contributed by atoms with van der Waals surface area (Å²) >= 11 is 0. The average Bonchev–Trinajstić information content (AvgIpc) is 2.53. The van der Waals surface area contributed by atoms with Crippen LogP contribution in [0.1, 0.15) is 22.8 Å². The van der Waals surface area contributed by atoms with Gasteiger partial charge < -0.3 is 10.1 Å². The predicted octanol–water partition coefficient (Wildman–Crippen LogP) is 1.97. The number of carbonyl (C=O) groups is 2. The second kappa shape index (κ2) is 7.63. The number of esters is 1. The second-order valence-corrected chi connectivity index (χ2v) is 7.15. The van der Waals surface area contributed by atoms with Gasteiger partial charge >= 0.3 is 5.97 Å². The number of primary sulfonamides is 1. The van der Waals surface area contributed by atoms with Gasteiger partial charge in [0.15, 0.2) is 6.10 Å². The maximum absolute atomic E-state index is 13.8. The molecule has 2 aromatic rings. The molecule has 0 saturated carbocycles. The molecule has 2 rings (SSSR count). The number of nitrogens with one attached hydrogen (secondary N) is 1. The molecular formula is C17H17FN2O5S. The number of nitrogens with two attached hydrogens (primary N) is 1. The molecule has 9 heteroatoms. The Balaban J connectivity index is 2.12. The van der Waals surface area contributed by atoms with E-state index in [0.29, 0.717) is 5.69 Å². The lowest BCUT2D eigenvalue weighted by molar-refractivity contribution is -0.123. The van der Waals surface area contributed by atoms with E-state index in [-0.39, 0.29) is 0 Å². The highest BCUT2D eigenvalue weighted by atomic mass is 32.2. The third kappa shape index (κ3) is 4.87. The van der Waals surface area contributed by atoms with Crippen LogP contribution in [0, 0.1) is 12.7 Å². The molecule has 0 saturated heterocycles. The van der Waals surface area contributed by atoms with Gasteiger partial charge in [0.05, 0.1) is 10.5 Å². The topological polar surface area (TPSA) is 116 Å². The molecule has 138 valence electrons. The molecule has 26 heavy (non-hydrogen) atoms. The van der Waals surface area contributed by atoms with E-state index < -0.39 is 44.3 Å². The zero-order valence-electron chi connectivity index (χ0n) is 14.0. The van der Waals surface area contributed by atoms with E-state index in [0.717, 1.165) is 23.8 Å². The van der Waals surface area contributed by atoms with E-state index in [4.69, 9.17) is 9.88 Å². The molecule has 0 aliphatic rings. The second-order valence-electron chi connectivity index (χ2n) is 5.59. The fraction of sp³-hybridized carbons (Fsp3) is 0.176. The number of benzene rings is 2. The first kappa shape index (κ1) is 19.5. The van der Waals surface area contributed by atoms with Gasteiger partial charge in [-0.25, -0.2) is 22.7 Å². The molecule has 3 N–H and O–H groups in total. The quantitative estimate of drug-likeness (QED) is 0.770. The van der Waals surface area contributed by atoms with Crippen molar-refractivity contribution in [2.24, 2.45) is 5.14 Å². The summed E-state index contributed by atoms with van der Waals surface area (Å²) in [5, 5.41) is 7.52. The molecule has 0 aliphatic carbocycles. The van der Waals surface area contributed by atoms with Crippen LogP contribution in [-0.2, 0) is 19.6 Å². The Morgan fingerprint density at radius 3 is 2.50 bits per heavy atom. The van der Waals surface area contributed by atoms with Crippen molar-refractivity contribution in [2.45, 2.75) is 24.8 Å². The van der Waals surface area contributed by atoms with Gasteiger partial charge in [-0.2, -0.15) is 0 Å². The molecule has 0 radical (unpaired) electrons. The summed E-state index contributed by atoms with van der Waals surface area (Å²) in [5.74, 6) is -2.79. The zero-order chi connectivity index (χ0) is 19.5. The molecule has 0 heterocycles. The monoisotopic (exact) mass is 380 g/mol. The lowest BCUT2D eigenvalue weighted by atomic mass is 10.2. The third-order valence-corrected chi connectivity index (χ3v) is 4.34. The minimum absolute atomic E-state index is 0.442. The van der Waals surface area contributed by atoms with Crippen molar-refractivity contribution >= 4 is 27.6 Å². The van der Waals surface area contributed by atoms with Crippen molar-refractivity contribution < 1.29 is 27.1 Å². The summed E-state index contributed by atoms with van der Waals surface area (Å²) in [6.45, 7) is 3.16.